The average Bonchev–Trinajstić information content (AvgIpc) is 2.66. The molecule has 5 nitrogen and oxygen atoms in total. The number of carbonyl (C=O) groups excluding carboxylic acids is 3. The third kappa shape index (κ3) is 1.77. The molecule has 0 aromatic rings. The Morgan fingerprint density at radius 3 is 2.22 bits per heavy atom. The number of hydrogen-bond donors (Lipinski definition) is 0. The molecule has 0 N–H and O–H groups in total. The summed E-state index contributed by atoms with van der Waals surface area (Å²) < 4.78 is 9.33. The van der Waals surface area contributed by atoms with Gasteiger partial charge in [-0.05, 0) is 6.08 Å². The minimum Gasteiger partial charge on any atom is -0.466 e. The van der Waals surface area contributed by atoms with Gasteiger partial charge in [0.15, 0.2) is 5.78 Å². The van der Waals surface area contributed by atoms with E-state index in [0.717, 1.165) is 0 Å². The van der Waals surface area contributed by atoms with Crippen LogP contribution in [0, 0.1) is 11.8 Å². The van der Waals surface area contributed by atoms with E-state index >= 15 is 0 Å². The van der Waals surface area contributed by atoms with E-state index < -0.39 is 23.8 Å². The second-order valence-corrected chi connectivity index (χ2v) is 3.96. The van der Waals surface area contributed by atoms with E-state index in [2.05, 4.69) is 9.47 Å². The first-order chi connectivity index (χ1) is 8.60. The number of methoxy groups -OCH3 is 2. The van der Waals surface area contributed by atoms with E-state index in [1.165, 1.54) is 20.3 Å². The summed E-state index contributed by atoms with van der Waals surface area (Å²) in [6.45, 7) is 0. The predicted molar refractivity (Wildman–Crippen MR) is 61.3 cm³/mol. The number of ether oxygens (including phenoxy) is 2. The lowest BCUT2D eigenvalue weighted by Crippen LogP contribution is -2.27. The fraction of sp³-hybridized carbons (Fsp3) is 0.308. The minimum absolute atomic E-state index is 0.0758. The van der Waals surface area contributed by atoms with E-state index in [-0.39, 0.29) is 16.9 Å². The molecule has 0 unspecified atom stereocenters. The van der Waals surface area contributed by atoms with Gasteiger partial charge >= 0.3 is 11.9 Å². The highest BCUT2D eigenvalue weighted by Gasteiger charge is 2.38. The van der Waals surface area contributed by atoms with Crippen LogP contribution in [-0.2, 0) is 23.9 Å². The van der Waals surface area contributed by atoms with Crippen molar-refractivity contribution in [1.29, 1.82) is 0 Å². The van der Waals surface area contributed by atoms with Gasteiger partial charge in [0.2, 0.25) is 0 Å². The zero-order valence-corrected chi connectivity index (χ0v) is 10.0. The molecule has 94 valence electrons. The normalized spacial score (nSPS) is 25.1. The number of fused-ring (bicyclic) bond motifs is 1. The van der Waals surface area contributed by atoms with E-state index in [1.54, 1.807) is 18.2 Å². The summed E-state index contributed by atoms with van der Waals surface area (Å²) in [4.78, 5) is 35.4. The molecule has 18 heavy (non-hydrogen) atoms. The van der Waals surface area contributed by atoms with Gasteiger partial charge in [0.1, 0.15) is 0 Å². The van der Waals surface area contributed by atoms with Gasteiger partial charge in [0.25, 0.3) is 0 Å². The van der Waals surface area contributed by atoms with Crippen molar-refractivity contribution < 1.29 is 23.9 Å². The van der Waals surface area contributed by atoms with Gasteiger partial charge in [0.05, 0.1) is 31.3 Å². The Morgan fingerprint density at radius 1 is 1.00 bits per heavy atom. The largest absolute Gasteiger partial charge is 0.466 e. The molecule has 5 heteroatoms. The van der Waals surface area contributed by atoms with Crippen molar-refractivity contribution in [2.45, 2.75) is 0 Å². The fourth-order valence-electron chi connectivity index (χ4n) is 2.17. The van der Waals surface area contributed by atoms with Crippen molar-refractivity contribution in [3.8, 4) is 0 Å². The number of carbonyl (C=O) groups is 3. The number of hydrogen-bond acceptors (Lipinski definition) is 5. The van der Waals surface area contributed by atoms with Crippen LogP contribution in [0.25, 0.3) is 0 Å². The van der Waals surface area contributed by atoms with E-state index in [1.807, 2.05) is 0 Å². The molecule has 0 saturated heterocycles. The molecular formula is C13H12O5. The maximum absolute atomic E-state index is 11.8. The van der Waals surface area contributed by atoms with Gasteiger partial charge in [-0.25, -0.2) is 9.59 Å². The maximum atomic E-state index is 11.8. The first-order valence-corrected chi connectivity index (χ1v) is 5.41. The van der Waals surface area contributed by atoms with Gasteiger partial charge in [0, 0.05) is 5.92 Å². The van der Waals surface area contributed by atoms with Crippen LogP contribution in [0.1, 0.15) is 0 Å². The fourth-order valence-corrected chi connectivity index (χ4v) is 2.17. The summed E-state index contributed by atoms with van der Waals surface area (Å²) in [6, 6.07) is 0. The number of allylic oxidation sites excluding steroid dienone is 4. The number of ketones is 1. The molecule has 0 amide bonds. The Hall–Kier alpha value is -2.17. The van der Waals surface area contributed by atoms with Gasteiger partial charge in [-0.2, -0.15) is 0 Å². The van der Waals surface area contributed by atoms with Crippen molar-refractivity contribution in [3.05, 3.63) is 35.5 Å². The van der Waals surface area contributed by atoms with Crippen molar-refractivity contribution >= 4 is 17.7 Å². The molecule has 2 bridgehead atoms. The molecule has 3 aliphatic rings. The maximum Gasteiger partial charge on any atom is 0.335 e. The SMILES string of the molecule is COC(=O)C1=C(C(=O)OC)[C@H]2C=C[C@@H]1C=CC2=O. The first-order valence-electron chi connectivity index (χ1n) is 5.41. The smallest absolute Gasteiger partial charge is 0.335 e. The average molecular weight is 248 g/mol. The summed E-state index contributed by atoms with van der Waals surface area (Å²) >= 11 is 0. The summed E-state index contributed by atoms with van der Waals surface area (Å²) in [5, 5.41) is 0. The Morgan fingerprint density at radius 2 is 1.61 bits per heavy atom. The molecule has 3 aliphatic carbocycles. The van der Waals surface area contributed by atoms with Crippen LogP contribution in [0.4, 0.5) is 0 Å². The Balaban J connectivity index is 2.61. The number of esters is 2. The quantitative estimate of drug-likeness (QED) is 0.528. The van der Waals surface area contributed by atoms with Gasteiger partial charge in [-0.3, -0.25) is 4.79 Å². The summed E-state index contributed by atoms with van der Waals surface area (Å²) in [5.41, 5.74) is 0.255. The second kappa shape index (κ2) is 4.60. The minimum atomic E-state index is -0.762. The van der Waals surface area contributed by atoms with Crippen molar-refractivity contribution in [2.24, 2.45) is 11.8 Å². The zero-order valence-electron chi connectivity index (χ0n) is 10.0. The van der Waals surface area contributed by atoms with Crippen LogP contribution in [0.2, 0.25) is 0 Å². The van der Waals surface area contributed by atoms with Crippen LogP contribution in [0.15, 0.2) is 35.5 Å². The monoisotopic (exact) mass is 248 g/mol. The Kier molecular flexibility index (Phi) is 3.14. The summed E-state index contributed by atoms with van der Waals surface area (Å²) in [6.07, 6.45) is 6.30. The molecule has 0 radical (unpaired) electrons. The molecule has 0 saturated carbocycles. The lowest BCUT2D eigenvalue weighted by atomic mass is 9.82. The molecule has 0 spiro atoms. The molecule has 0 fully saturated rings. The molecular weight excluding hydrogens is 236 g/mol. The second-order valence-electron chi connectivity index (χ2n) is 3.96. The van der Waals surface area contributed by atoms with Crippen molar-refractivity contribution in [2.75, 3.05) is 14.2 Å². The molecule has 0 aromatic heterocycles. The highest BCUT2D eigenvalue weighted by molar-refractivity contribution is 6.10. The molecule has 3 rings (SSSR count). The molecule has 0 heterocycles. The number of rotatable bonds is 2. The van der Waals surface area contributed by atoms with Crippen LogP contribution in [0.3, 0.4) is 0 Å². The van der Waals surface area contributed by atoms with Crippen LogP contribution < -0.4 is 0 Å². The standard InChI is InChI=1S/C13H12O5/c1-17-12(15)10-7-3-5-8(9(14)6-4-7)11(10)13(16)18-2/h3-8H,1-2H3/t7-,8+/m1/s1. The Bertz CT molecular complexity index is 491. The summed E-state index contributed by atoms with van der Waals surface area (Å²) in [5.74, 6) is -2.72. The van der Waals surface area contributed by atoms with Gasteiger partial charge in [-0.15, -0.1) is 0 Å². The van der Waals surface area contributed by atoms with E-state index in [0.29, 0.717) is 0 Å². The topological polar surface area (TPSA) is 69.7 Å². The zero-order chi connectivity index (χ0) is 13.3. The van der Waals surface area contributed by atoms with Gasteiger partial charge < -0.3 is 9.47 Å². The highest BCUT2D eigenvalue weighted by Crippen LogP contribution is 2.35. The van der Waals surface area contributed by atoms with Crippen LogP contribution in [-0.4, -0.2) is 31.9 Å². The van der Waals surface area contributed by atoms with E-state index in [4.69, 9.17) is 0 Å². The molecule has 0 aliphatic heterocycles. The molecule has 2 atom stereocenters. The van der Waals surface area contributed by atoms with Crippen molar-refractivity contribution in [1.82, 2.24) is 0 Å². The molecule has 0 aromatic carbocycles. The van der Waals surface area contributed by atoms with Crippen LogP contribution in [0.5, 0.6) is 0 Å². The first kappa shape index (κ1) is 12.3. The van der Waals surface area contributed by atoms with E-state index in [9.17, 15) is 14.4 Å². The van der Waals surface area contributed by atoms with Gasteiger partial charge in [-0.1, -0.05) is 18.2 Å². The Labute approximate surface area is 104 Å². The third-order valence-corrected chi connectivity index (χ3v) is 3.03. The van der Waals surface area contributed by atoms with Crippen LogP contribution >= 0.6 is 0 Å². The van der Waals surface area contributed by atoms with Crippen molar-refractivity contribution in [3.63, 3.8) is 0 Å². The predicted octanol–water partition coefficient (Wildman–Crippen LogP) is 0.570. The highest BCUT2D eigenvalue weighted by atomic mass is 16.5. The third-order valence-electron chi connectivity index (χ3n) is 3.03. The lowest BCUT2D eigenvalue weighted by Gasteiger charge is -2.21. The summed E-state index contributed by atoms with van der Waals surface area (Å²) in [7, 11) is 2.45. The lowest BCUT2D eigenvalue weighted by molar-refractivity contribution is -0.140.